The van der Waals surface area contributed by atoms with Gasteiger partial charge in [0, 0.05) is 7.05 Å². The van der Waals surface area contributed by atoms with Crippen molar-refractivity contribution in [2.24, 2.45) is 0 Å². The molecule has 0 unspecified atom stereocenters. The second kappa shape index (κ2) is 4.78. The Labute approximate surface area is 124 Å². The zero-order valence-electron chi connectivity index (χ0n) is 12.8. The second-order valence-corrected chi connectivity index (χ2v) is 5.31. The fraction of sp³-hybridized carbons (Fsp3) is 0.294. The summed E-state index contributed by atoms with van der Waals surface area (Å²) in [6.45, 7) is 6.17. The molecule has 0 bridgehead atoms. The number of nitrogens with zero attached hydrogens (tertiary/aromatic N) is 3. The van der Waals surface area contributed by atoms with Gasteiger partial charge in [0.05, 0.1) is 16.6 Å². The van der Waals surface area contributed by atoms with Crippen LogP contribution in [-0.4, -0.2) is 16.4 Å². The number of hydrogen-bond acceptors (Lipinski definition) is 3. The number of aryl methyl sites for hydroxylation is 1. The highest BCUT2D eigenvalue weighted by atomic mass is 15.1. The molecule has 0 saturated heterocycles. The van der Waals surface area contributed by atoms with Crippen LogP contribution in [0.3, 0.4) is 0 Å². The van der Waals surface area contributed by atoms with Crippen LogP contribution in [-0.2, 0) is 6.42 Å². The minimum atomic E-state index is 0.666. The van der Waals surface area contributed by atoms with E-state index in [1.807, 2.05) is 14.0 Å². The first-order chi connectivity index (χ1) is 10.1. The van der Waals surface area contributed by atoms with Crippen LogP contribution in [0.5, 0.6) is 0 Å². The molecule has 4 heteroatoms. The fourth-order valence-electron chi connectivity index (χ4n) is 3.04. The Morgan fingerprint density at radius 1 is 1.33 bits per heavy atom. The van der Waals surface area contributed by atoms with Crippen molar-refractivity contribution < 1.29 is 0 Å². The molecule has 0 aliphatic rings. The van der Waals surface area contributed by atoms with Crippen LogP contribution in [0.15, 0.2) is 18.2 Å². The molecule has 3 rings (SSSR count). The second-order valence-electron chi connectivity index (χ2n) is 5.31. The van der Waals surface area contributed by atoms with Crippen LogP contribution in [0.2, 0.25) is 0 Å². The van der Waals surface area contributed by atoms with E-state index in [9.17, 15) is 5.26 Å². The van der Waals surface area contributed by atoms with Crippen LogP contribution in [0.4, 0.5) is 5.82 Å². The summed E-state index contributed by atoms with van der Waals surface area (Å²) in [6, 6.07) is 8.54. The van der Waals surface area contributed by atoms with Gasteiger partial charge in [-0.1, -0.05) is 13.0 Å². The van der Waals surface area contributed by atoms with E-state index in [1.54, 1.807) is 0 Å². The Balaban J connectivity index is 2.62. The molecule has 1 aromatic carbocycles. The standard InChI is InChI=1S/C17H18N4/c1-5-12-11(3)13(9-18)17-20-14-8-10(2)6-7-15(14)21(17)16(12)19-4/h6-8,19H,5H2,1-4H3. The van der Waals surface area contributed by atoms with E-state index in [0.717, 1.165) is 34.5 Å². The van der Waals surface area contributed by atoms with Crippen molar-refractivity contribution in [3.63, 3.8) is 0 Å². The third kappa shape index (κ3) is 1.78. The predicted octanol–water partition coefficient (Wildman–Crippen LogP) is 3.58. The number of imidazole rings is 1. The largest absolute Gasteiger partial charge is 0.374 e. The summed E-state index contributed by atoms with van der Waals surface area (Å²) in [5.41, 5.74) is 6.71. The van der Waals surface area contributed by atoms with Gasteiger partial charge in [-0.25, -0.2) is 4.98 Å². The molecule has 0 aliphatic carbocycles. The van der Waals surface area contributed by atoms with Gasteiger partial charge in [-0.3, -0.25) is 4.40 Å². The van der Waals surface area contributed by atoms with Gasteiger partial charge in [-0.15, -0.1) is 0 Å². The van der Waals surface area contributed by atoms with Gasteiger partial charge in [-0.2, -0.15) is 5.26 Å². The molecular formula is C17H18N4. The fourth-order valence-corrected chi connectivity index (χ4v) is 3.04. The number of pyridine rings is 1. The SMILES string of the molecule is CCc1c(C)c(C#N)c2nc3cc(C)ccc3n2c1NC. The van der Waals surface area contributed by atoms with Gasteiger partial charge in [0.2, 0.25) is 0 Å². The van der Waals surface area contributed by atoms with Crippen molar-refractivity contribution in [2.45, 2.75) is 27.2 Å². The first kappa shape index (κ1) is 13.4. The van der Waals surface area contributed by atoms with E-state index in [-0.39, 0.29) is 0 Å². The molecule has 21 heavy (non-hydrogen) atoms. The molecule has 2 aromatic heterocycles. The maximum atomic E-state index is 9.56. The lowest BCUT2D eigenvalue weighted by Crippen LogP contribution is -2.07. The number of fused-ring (bicyclic) bond motifs is 3. The van der Waals surface area contributed by atoms with E-state index in [2.05, 4.69) is 47.8 Å². The summed E-state index contributed by atoms with van der Waals surface area (Å²) in [7, 11) is 1.92. The highest BCUT2D eigenvalue weighted by Crippen LogP contribution is 2.31. The molecule has 0 radical (unpaired) electrons. The van der Waals surface area contributed by atoms with Gasteiger partial charge < -0.3 is 5.32 Å². The van der Waals surface area contributed by atoms with Gasteiger partial charge in [0.1, 0.15) is 11.9 Å². The van der Waals surface area contributed by atoms with Gasteiger partial charge >= 0.3 is 0 Å². The molecule has 0 spiro atoms. The van der Waals surface area contributed by atoms with Crippen LogP contribution >= 0.6 is 0 Å². The zero-order valence-corrected chi connectivity index (χ0v) is 12.8. The van der Waals surface area contributed by atoms with Crippen molar-refractivity contribution in [3.05, 3.63) is 40.5 Å². The molecule has 0 atom stereocenters. The smallest absolute Gasteiger partial charge is 0.157 e. The lowest BCUT2D eigenvalue weighted by atomic mass is 10.0. The molecule has 3 aromatic rings. The molecule has 0 aliphatic heterocycles. The molecular weight excluding hydrogens is 260 g/mol. The third-order valence-corrected chi connectivity index (χ3v) is 4.07. The van der Waals surface area contributed by atoms with Crippen molar-refractivity contribution in [1.82, 2.24) is 9.38 Å². The number of nitrogens with one attached hydrogen (secondary N) is 1. The normalized spacial score (nSPS) is 11.0. The van der Waals surface area contributed by atoms with E-state index in [1.165, 1.54) is 11.1 Å². The maximum absolute atomic E-state index is 9.56. The lowest BCUT2D eigenvalue weighted by molar-refractivity contribution is 1.05. The topological polar surface area (TPSA) is 53.1 Å². The van der Waals surface area contributed by atoms with Crippen LogP contribution in [0.25, 0.3) is 16.7 Å². The van der Waals surface area contributed by atoms with Gasteiger partial charge in [0.15, 0.2) is 5.65 Å². The first-order valence-corrected chi connectivity index (χ1v) is 7.14. The summed E-state index contributed by atoms with van der Waals surface area (Å²) in [4.78, 5) is 4.69. The monoisotopic (exact) mass is 278 g/mol. The van der Waals surface area contributed by atoms with Crippen molar-refractivity contribution in [2.75, 3.05) is 12.4 Å². The molecule has 0 amide bonds. The number of hydrogen-bond donors (Lipinski definition) is 1. The van der Waals surface area contributed by atoms with Crippen molar-refractivity contribution in [1.29, 1.82) is 5.26 Å². The van der Waals surface area contributed by atoms with Gasteiger partial charge in [-0.05, 0) is 49.1 Å². The van der Waals surface area contributed by atoms with Crippen molar-refractivity contribution >= 4 is 22.5 Å². The first-order valence-electron chi connectivity index (χ1n) is 7.14. The Morgan fingerprint density at radius 2 is 2.10 bits per heavy atom. The summed E-state index contributed by atoms with van der Waals surface area (Å²) >= 11 is 0. The molecule has 2 heterocycles. The van der Waals surface area contributed by atoms with E-state index < -0.39 is 0 Å². The zero-order chi connectivity index (χ0) is 15.1. The van der Waals surface area contributed by atoms with Crippen molar-refractivity contribution in [3.8, 4) is 6.07 Å². The minimum absolute atomic E-state index is 0.666. The van der Waals surface area contributed by atoms with Gasteiger partial charge in [0.25, 0.3) is 0 Å². The molecule has 0 saturated carbocycles. The van der Waals surface area contributed by atoms with Crippen LogP contribution in [0.1, 0.15) is 29.2 Å². The Kier molecular flexibility index (Phi) is 3.06. The number of anilines is 1. The summed E-state index contributed by atoms with van der Waals surface area (Å²) in [5.74, 6) is 1.02. The summed E-state index contributed by atoms with van der Waals surface area (Å²) in [6.07, 6.45) is 0.873. The summed E-state index contributed by atoms with van der Waals surface area (Å²) < 4.78 is 2.07. The Bertz CT molecular complexity index is 897. The highest BCUT2D eigenvalue weighted by molar-refractivity contribution is 5.86. The molecule has 1 N–H and O–H groups in total. The predicted molar refractivity (Wildman–Crippen MR) is 85.8 cm³/mol. The number of rotatable bonds is 2. The number of nitriles is 1. The molecule has 0 fully saturated rings. The van der Waals surface area contributed by atoms with Crippen LogP contribution < -0.4 is 5.32 Å². The average Bonchev–Trinajstić information content (AvgIpc) is 2.83. The summed E-state index contributed by atoms with van der Waals surface area (Å²) in [5, 5.41) is 12.8. The Hall–Kier alpha value is -2.54. The van der Waals surface area contributed by atoms with Crippen LogP contribution in [0, 0.1) is 25.2 Å². The molecule has 4 nitrogen and oxygen atoms in total. The molecule has 106 valence electrons. The van der Waals surface area contributed by atoms with E-state index in [4.69, 9.17) is 4.98 Å². The number of benzene rings is 1. The quantitative estimate of drug-likeness (QED) is 0.779. The third-order valence-electron chi connectivity index (χ3n) is 4.07. The highest BCUT2D eigenvalue weighted by Gasteiger charge is 2.18. The maximum Gasteiger partial charge on any atom is 0.157 e. The Morgan fingerprint density at radius 3 is 2.71 bits per heavy atom. The van der Waals surface area contributed by atoms with E-state index in [0.29, 0.717) is 5.56 Å². The number of aromatic nitrogens is 2. The van der Waals surface area contributed by atoms with E-state index >= 15 is 0 Å². The lowest BCUT2D eigenvalue weighted by Gasteiger charge is -2.15. The minimum Gasteiger partial charge on any atom is -0.374 e. The average molecular weight is 278 g/mol.